The van der Waals surface area contributed by atoms with E-state index in [0.717, 1.165) is 23.3 Å². The van der Waals surface area contributed by atoms with Crippen LogP contribution in [0.5, 0.6) is 5.75 Å². The summed E-state index contributed by atoms with van der Waals surface area (Å²) in [7, 11) is 0. The first-order chi connectivity index (χ1) is 12.9. The zero-order valence-corrected chi connectivity index (χ0v) is 16.0. The molecule has 2 aliphatic rings. The molecule has 5 heteroatoms. The molecule has 1 aromatic carbocycles. The third kappa shape index (κ3) is 4.19. The minimum Gasteiger partial charge on any atom is -0.489 e. The van der Waals surface area contributed by atoms with Crippen LogP contribution in [-0.2, 0) is 11.2 Å². The number of aliphatic hydroxyl groups excluding tert-OH is 2. The third-order valence-corrected chi connectivity index (χ3v) is 6.08. The topological polar surface area (TPSA) is 87.0 Å². The Kier molecular flexibility index (Phi) is 6.22. The first-order valence-corrected chi connectivity index (χ1v) is 9.97. The van der Waals surface area contributed by atoms with Crippen LogP contribution in [-0.4, -0.2) is 39.6 Å². The zero-order chi connectivity index (χ0) is 19.6. The number of fused-ring (bicyclic) bond motifs is 3. The summed E-state index contributed by atoms with van der Waals surface area (Å²) in [6.07, 6.45) is 5.59. The van der Waals surface area contributed by atoms with E-state index in [1.807, 2.05) is 37.3 Å². The van der Waals surface area contributed by atoms with Crippen molar-refractivity contribution in [1.82, 2.24) is 0 Å². The lowest BCUT2D eigenvalue weighted by molar-refractivity contribution is -0.137. The molecule has 0 amide bonds. The summed E-state index contributed by atoms with van der Waals surface area (Å²) in [5.74, 6) is 0.266. The molecule has 27 heavy (non-hydrogen) atoms. The molecule has 0 radical (unpaired) electrons. The molecule has 148 valence electrons. The van der Waals surface area contributed by atoms with E-state index < -0.39 is 18.2 Å². The number of hydrogen-bond acceptors (Lipinski definition) is 4. The number of aliphatic carboxylic acids is 1. The van der Waals surface area contributed by atoms with Crippen molar-refractivity contribution >= 4 is 5.97 Å². The number of rotatable bonds is 8. The minimum absolute atomic E-state index is 0.0639. The van der Waals surface area contributed by atoms with Crippen molar-refractivity contribution in [3.63, 3.8) is 0 Å². The lowest BCUT2D eigenvalue weighted by Crippen LogP contribution is -2.19. The van der Waals surface area contributed by atoms with Gasteiger partial charge in [0, 0.05) is 30.2 Å². The van der Waals surface area contributed by atoms with E-state index >= 15 is 0 Å². The van der Waals surface area contributed by atoms with Crippen LogP contribution in [0, 0.1) is 11.8 Å². The highest BCUT2D eigenvalue weighted by Gasteiger charge is 2.48. The van der Waals surface area contributed by atoms with Crippen LogP contribution in [0.3, 0.4) is 0 Å². The predicted octanol–water partition coefficient (Wildman–Crippen LogP) is 3.28. The summed E-state index contributed by atoms with van der Waals surface area (Å²) in [6, 6.07) is 6.03. The standard InChI is InChI=1S/C22H30O5/c1-3-13(2)17(23)11-10-15-18(24)12-19-21(15)16-8-4-6-14(22(16)27-19)7-5-9-20(25)26/h4,6,8,10-11,13,15,17-19,21,23-24H,3,5,7,9,12H2,1-2H3,(H,25,26)/b11-10+/t13-,15-,17+,18+,19-,21-/m0/s1. The van der Waals surface area contributed by atoms with Crippen LogP contribution in [0.15, 0.2) is 30.4 Å². The Morgan fingerprint density at radius 2 is 2.19 bits per heavy atom. The van der Waals surface area contributed by atoms with Crippen LogP contribution in [0.1, 0.15) is 56.6 Å². The van der Waals surface area contributed by atoms with Gasteiger partial charge in [0.25, 0.3) is 0 Å². The van der Waals surface area contributed by atoms with Gasteiger partial charge < -0.3 is 20.1 Å². The summed E-state index contributed by atoms with van der Waals surface area (Å²) in [4.78, 5) is 10.8. The van der Waals surface area contributed by atoms with E-state index in [-0.39, 0.29) is 30.3 Å². The van der Waals surface area contributed by atoms with E-state index in [2.05, 4.69) is 6.92 Å². The van der Waals surface area contributed by atoms with E-state index in [9.17, 15) is 15.0 Å². The van der Waals surface area contributed by atoms with E-state index in [4.69, 9.17) is 9.84 Å². The zero-order valence-electron chi connectivity index (χ0n) is 16.0. The maximum Gasteiger partial charge on any atom is 0.303 e. The summed E-state index contributed by atoms with van der Waals surface area (Å²) < 4.78 is 6.19. The van der Waals surface area contributed by atoms with Crippen LogP contribution >= 0.6 is 0 Å². The predicted molar refractivity (Wildman–Crippen MR) is 103 cm³/mol. The van der Waals surface area contributed by atoms with Gasteiger partial charge in [-0.05, 0) is 24.3 Å². The Morgan fingerprint density at radius 1 is 1.41 bits per heavy atom. The van der Waals surface area contributed by atoms with Crippen molar-refractivity contribution in [3.05, 3.63) is 41.5 Å². The summed E-state index contributed by atoms with van der Waals surface area (Å²) in [5.41, 5.74) is 2.14. The lowest BCUT2D eigenvalue weighted by atomic mass is 9.86. The second-order valence-corrected chi connectivity index (χ2v) is 7.91. The molecule has 0 saturated heterocycles. The van der Waals surface area contributed by atoms with Gasteiger partial charge >= 0.3 is 5.97 Å². The van der Waals surface area contributed by atoms with Crippen molar-refractivity contribution in [3.8, 4) is 5.75 Å². The Hall–Kier alpha value is -1.85. The number of carbonyl (C=O) groups is 1. The first-order valence-electron chi connectivity index (χ1n) is 9.97. The Morgan fingerprint density at radius 3 is 2.89 bits per heavy atom. The van der Waals surface area contributed by atoms with Gasteiger partial charge in [-0.3, -0.25) is 4.79 Å². The number of aliphatic hydroxyl groups is 2. The van der Waals surface area contributed by atoms with Crippen LogP contribution in [0.25, 0.3) is 0 Å². The Bertz CT molecular complexity index is 698. The molecule has 0 bridgehead atoms. The number of carboxylic acids is 1. The van der Waals surface area contributed by atoms with Gasteiger partial charge in [-0.25, -0.2) is 0 Å². The fraction of sp³-hybridized carbons (Fsp3) is 0.591. The number of carboxylic acid groups (broad SMARTS) is 1. The van der Waals surface area contributed by atoms with Crippen LogP contribution in [0.4, 0.5) is 0 Å². The largest absolute Gasteiger partial charge is 0.489 e. The van der Waals surface area contributed by atoms with Gasteiger partial charge in [0.2, 0.25) is 0 Å². The molecule has 1 aliphatic heterocycles. The van der Waals surface area contributed by atoms with Crippen molar-refractivity contribution < 1.29 is 24.9 Å². The molecule has 0 aromatic heterocycles. The van der Waals surface area contributed by atoms with Crippen LogP contribution < -0.4 is 4.74 Å². The average molecular weight is 374 g/mol. The monoisotopic (exact) mass is 374 g/mol. The number of hydrogen-bond donors (Lipinski definition) is 3. The molecule has 0 unspecified atom stereocenters. The highest BCUT2D eigenvalue weighted by molar-refractivity contribution is 5.66. The fourth-order valence-corrected chi connectivity index (χ4v) is 4.27. The van der Waals surface area contributed by atoms with E-state index in [0.29, 0.717) is 19.3 Å². The van der Waals surface area contributed by atoms with Crippen LogP contribution in [0.2, 0.25) is 0 Å². The average Bonchev–Trinajstić information content (AvgIpc) is 3.14. The number of para-hydroxylation sites is 1. The molecule has 1 saturated carbocycles. The molecular formula is C22H30O5. The fourth-order valence-electron chi connectivity index (χ4n) is 4.27. The van der Waals surface area contributed by atoms with Gasteiger partial charge in [-0.2, -0.15) is 0 Å². The van der Waals surface area contributed by atoms with Gasteiger partial charge in [-0.1, -0.05) is 50.6 Å². The van der Waals surface area contributed by atoms with Gasteiger partial charge in [-0.15, -0.1) is 0 Å². The SMILES string of the molecule is CC[C@H](C)[C@H](O)/C=C/[C@@H]1[C@H]2c3cccc(CCCC(=O)O)c3O[C@H]2C[C@H]1O. The molecule has 5 nitrogen and oxygen atoms in total. The second-order valence-electron chi connectivity index (χ2n) is 7.91. The van der Waals surface area contributed by atoms with Crippen molar-refractivity contribution in [2.75, 3.05) is 0 Å². The lowest BCUT2D eigenvalue weighted by Gasteiger charge is -2.19. The maximum atomic E-state index is 10.8. The molecule has 1 aromatic rings. The van der Waals surface area contributed by atoms with Crippen molar-refractivity contribution in [2.45, 2.75) is 70.2 Å². The van der Waals surface area contributed by atoms with Gasteiger partial charge in [0.15, 0.2) is 0 Å². The molecule has 3 N–H and O–H groups in total. The molecule has 1 fully saturated rings. The summed E-state index contributed by atoms with van der Waals surface area (Å²) >= 11 is 0. The van der Waals surface area contributed by atoms with E-state index in [1.165, 1.54) is 0 Å². The molecule has 1 heterocycles. The smallest absolute Gasteiger partial charge is 0.303 e. The molecular weight excluding hydrogens is 344 g/mol. The second kappa shape index (κ2) is 8.44. The minimum atomic E-state index is -0.784. The number of aryl methyl sites for hydroxylation is 1. The molecule has 6 atom stereocenters. The number of ether oxygens (including phenoxy) is 1. The molecule has 3 rings (SSSR count). The van der Waals surface area contributed by atoms with E-state index in [1.54, 1.807) is 0 Å². The van der Waals surface area contributed by atoms with Crippen molar-refractivity contribution in [2.24, 2.45) is 11.8 Å². The quantitative estimate of drug-likeness (QED) is 0.608. The van der Waals surface area contributed by atoms with Crippen molar-refractivity contribution in [1.29, 1.82) is 0 Å². The highest BCUT2D eigenvalue weighted by atomic mass is 16.5. The first kappa shape index (κ1) is 19.9. The Balaban J connectivity index is 1.78. The summed E-state index contributed by atoms with van der Waals surface area (Å²) in [6.45, 7) is 4.06. The molecule has 1 aliphatic carbocycles. The molecule has 0 spiro atoms. The highest BCUT2D eigenvalue weighted by Crippen LogP contribution is 2.52. The third-order valence-electron chi connectivity index (χ3n) is 6.08. The van der Waals surface area contributed by atoms with Gasteiger partial charge in [0.1, 0.15) is 11.9 Å². The van der Waals surface area contributed by atoms with Gasteiger partial charge in [0.05, 0.1) is 12.2 Å². The normalized spacial score (nSPS) is 28.6. The Labute approximate surface area is 160 Å². The maximum absolute atomic E-state index is 10.8. The summed E-state index contributed by atoms with van der Waals surface area (Å²) in [5, 5.41) is 29.6. The number of benzene rings is 1.